The van der Waals surface area contributed by atoms with Gasteiger partial charge >= 0.3 is 0 Å². The molecule has 0 fully saturated rings. The Morgan fingerprint density at radius 3 is 2.53 bits per heavy atom. The molecule has 1 N–H and O–H groups in total. The first kappa shape index (κ1) is 14.5. The van der Waals surface area contributed by atoms with Crippen molar-refractivity contribution in [3.05, 3.63) is 59.6 Å². The number of rotatable bonds is 3. The van der Waals surface area contributed by atoms with Crippen molar-refractivity contribution in [1.29, 1.82) is 0 Å². The average Bonchev–Trinajstić information content (AvgIpc) is 2.34. The molecule has 0 heterocycles. The summed E-state index contributed by atoms with van der Waals surface area (Å²) in [6.45, 7) is 0. The van der Waals surface area contributed by atoms with Crippen LogP contribution in [0.25, 0.3) is 0 Å². The topological polar surface area (TPSA) is 55.2 Å². The van der Waals surface area contributed by atoms with Gasteiger partial charge in [-0.1, -0.05) is 27.5 Å². The summed E-state index contributed by atoms with van der Waals surface area (Å²) in [5.74, 6) is 0. The molecule has 0 saturated heterocycles. The molecule has 0 aliphatic carbocycles. The zero-order valence-corrected chi connectivity index (χ0v) is 13.9. The van der Waals surface area contributed by atoms with E-state index in [0.717, 1.165) is 9.26 Å². The van der Waals surface area contributed by atoms with E-state index in [1.54, 1.807) is 30.3 Å². The summed E-state index contributed by atoms with van der Waals surface area (Å²) in [6, 6.07) is 10.2. The Balaban J connectivity index is 2.40. The number of nitrogens with zero attached hydrogens (tertiary/aromatic N) is 1. The lowest BCUT2D eigenvalue weighted by Gasteiger charge is -2.09. The largest absolute Gasteiger partial charge is 0.349 e. The molecule has 0 saturated carbocycles. The van der Waals surface area contributed by atoms with Gasteiger partial charge in [-0.15, -0.1) is 0 Å². The second-order valence-electron chi connectivity index (χ2n) is 3.67. The highest BCUT2D eigenvalue weighted by Gasteiger charge is 2.15. The number of nitro benzene ring substituents is 1. The fraction of sp³-hybridized carbons (Fsp3) is 0. The number of nitrogens with one attached hydrogen (secondary N) is 1. The maximum Gasteiger partial charge on any atom is 0.293 e. The van der Waals surface area contributed by atoms with Crippen LogP contribution in [0.4, 0.5) is 17.1 Å². The van der Waals surface area contributed by atoms with E-state index >= 15 is 0 Å². The van der Waals surface area contributed by atoms with Crippen LogP contribution in [0.1, 0.15) is 0 Å². The molecule has 2 rings (SSSR count). The lowest BCUT2D eigenvalue weighted by atomic mass is 10.2. The Kier molecular flexibility index (Phi) is 4.64. The molecule has 0 unspecified atom stereocenters. The van der Waals surface area contributed by atoms with E-state index in [0.29, 0.717) is 15.2 Å². The molecule has 0 amide bonds. The molecule has 0 aliphatic rings. The number of anilines is 2. The Labute approximate surface area is 136 Å². The zero-order valence-electron chi connectivity index (χ0n) is 9.36. The van der Waals surface area contributed by atoms with E-state index in [2.05, 4.69) is 43.8 Å². The van der Waals surface area contributed by atoms with Gasteiger partial charge in [0, 0.05) is 19.1 Å². The first-order valence-electron chi connectivity index (χ1n) is 5.13. The minimum atomic E-state index is -0.421. The van der Waals surface area contributed by atoms with Crippen LogP contribution < -0.4 is 5.32 Å². The standard InChI is InChI=1S/C12H7BrClIN2O2/c13-7-1-3-11(12(5-7)17(18)19)16-10-4-2-8(14)6-9(10)15/h1-6,16H. The minimum Gasteiger partial charge on any atom is -0.349 e. The van der Waals surface area contributed by atoms with Crippen LogP contribution in [0, 0.1) is 13.7 Å². The summed E-state index contributed by atoms with van der Waals surface area (Å²) >= 11 is 11.2. The van der Waals surface area contributed by atoms with Gasteiger partial charge in [-0.25, -0.2) is 0 Å². The van der Waals surface area contributed by atoms with Crippen LogP contribution in [-0.2, 0) is 0 Å². The Morgan fingerprint density at radius 2 is 1.89 bits per heavy atom. The maximum atomic E-state index is 11.0. The van der Waals surface area contributed by atoms with E-state index < -0.39 is 4.92 Å². The van der Waals surface area contributed by atoms with Gasteiger partial charge in [-0.2, -0.15) is 0 Å². The Bertz CT molecular complexity index is 652. The third-order valence-electron chi connectivity index (χ3n) is 2.36. The van der Waals surface area contributed by atoms with Gasteiger partial charge in [-0.05, 0) is 52.9 Å². The van der Waals surface area contributed by atoms with Gasteiger partial charge in [0.2, 0.25) is 0 Å². The molecule has 0 bridgehead atoms. The Morgan fingerprint density at radius 1 is 1.21 bits per heavy atom. The molecule has 0 spiro atoms. The summed E-state index contributed by atoms with van der Waals surface area (Å²) in [6.07, 6.45) is 0. The van der Waals surface area contributed by atoms with Crippen LogP contribution in [0.5, 0.6) is 0 Å². The van der Waals surface area contributed by atoms with Crippen LogP contribution in [0.15, 0.2) is 40.9 Å². The molecule has 2 aromatic carbocycles. The molecule has 19 heavy (non-hydrogen) atoms. The normalized spacial score (nSPS) is 10.3. The van der Waals surface area contributed by atoms with Crippen molar-refractivity contribution >= 4 is 67.2 Å². The van der Waals surface area contributed by atoms with Crippen molar-refractivity contribution < 1.29 is 4.92 Å². The van der Waals surface area contributed by atoms with E-state index in [9.17, 15) is 10.1 Å². The summed E-state index contributed by atoms with van der Waals surface area (Å²) < 4.78 is 1.55. The summed E-state index contributed by atoms with van der Waals surface area (Å²) in [5.41, 5.74) is 1.23. The smallest absolute Gasteiger partial charge is 0.293 e. The van der Waals surface area contributed by atoms with Crippen molar-refractivity contribution in [2.75, 3.05) is 5.32 Å². The van der Waals surface area contributed by atoms with Gasteiger partial charge in [-0.3, -0.25) is 10.1 Å². The van der Waals surface area contributed by atoms with Crippen molar-refractivity contribution in [1.82, 2.24) is 0 Å². The van der Waals surface area contributed by atoms with Crippen molar-refractivity contribution in [3.63, 3.8) is 0 Å². The van der Waals surface area contributed by atoms with E-state index in [4.69, 9.17) is 11.6 Å². The van der Waals surface area contributed by atoms with E-state index in [-0.39, 0.29) is 5.69 Å². The van der Waals surface area contributed by atoms with Gasteiger partial charge < -0.3 is 5.32 Å². The zero-order chi connectivity index (χ0) is 14.0. The number of hydrogen-bond donors (Lipinski definition) is 1. The second kappa shape index (κ2) is 6.06. The fourth-order valence-electron chi connectivity index (χ4n) is 1.50. The molecule has 2 aromatic rings. The molecule has 7 heteroatoms. The molecule has 0 atom stereocenters. The molecule has 0 radical (unpaired) electrons. The van der Waals surface area contributed by atoms with Crippen LogP contribution in [-0.4, -0.2) is 4.92 Å². The molecule has 4 nitrogen and oxygen atoms in total. The van der Waals surface area contributed by atoms with Gasteiger partial charge in [0.1, 0.15) is 5.69 Å². The predicted molar refractivity (Wildman–Crippen MR) is 88.2 cm³/mol. The highest BCUT2D eigenvalue weighted by Crippen LogP contribution is 2.32. The molecule has 0 aromatic heterocycles. The molecule has 98 valence electrons. The SMILES string of the molecule is O=[N+]([O-])c1cc(Br)ccc1Nc1ccc(Cl)cc1I. The van der Waals surface area contributed by atoms with Crippen LogP contribution >= 0.6 is 50.1 Å². The maximum absolute atomic E-state index is 11.0. The van der Waals surface area contributed by atoms with Gasteiger partial charge in [0.05, 0.1) is 10.6 Å². The van der Waals surface area contributed by atoms with E-state index in [1.807, 2.05) is 0 Å². The van der Waals surface area contributed by atoms with Gasteiger partial charge in [0.25, 0.3) is 5.69 Å². The van der Waals surface area contributed by atoms with Crippen molar-refractivity contribution in [2.45, 2.75) is 0 Å². The molecule has 0 aliphatic heterocycles. The Hall–Kier alpha value is -0.860. The van der Waals surface area contributed by atoms with Crippen molar-refractivity contribution in [2.24, 2.45) is 0 Å². The van der Waals surface area contributed by atoms with Crippen LogP contribution in [0.3, 0.4) is 0 Å². The van der Waals surface area contributed by atoms with Crippen molar-refractivity contribution in [3.8, 4) is 0 Å². The van der Waals surface area contributed by atoms with E-state index in [1.165, 1.54) is 6.07 Å². The highest BCUT2D eigenvalue weighted by molar-refractivity contribution is 14.1. The third-order valence-corrected chi connectivity index (χ3v) is 3.98. The predicted octanol–water partition coefficient (Wildman–Crippen LogP) is 5.36. The lowest BCUT2D eigenvalue weighted by Crippen LogP contribution is -1.98. The first-order chi connectivity index (χ1) is 8.97. The second-order valence-corrected chi connectivity index (χ2v) is 6.18. The number of benzene rings is 2. The highest BCUT2D eigenvalue weighted by atomic mass is 127. The molecular weight excluding hydrogens is 446 g/mol. The van der Waals surface area contributed by atoms with Gasteiger partial charge in [0.15, 0.2) is 0 Å². The summed E-state index contributed by atoms with van der Waals surface area (Å²) in [5, 5.41) is 14.7. The lowest BCUT2D eigenvalue weighted by molar-refractivity contribution is -0.384. The number of nitro groups is 1. The summed E-state index contributed by atoms with van der Waals surface area (Å²) in [4.78, 5) is 10.6. The monoisotopic (exact) mass is 452 g/mol. The third kappa shape index (κ3) is 3.58. The first-order valence-corrected chi connectivity index (χ1v) is 7.38. The summed E-state index contributed by atoms with van der Waals surface area (Å²) in [7, 11) is 0. The quantitative estimate of drug-likeness (QED) is 0.387. The number of hydrogen-bond acceptors (Lipinski definition) is 3. The molecular formula is C12H7BrClIN2O2. The van der Waals surface area contributed by atoms with Crippen LogP contribution in [0.2, 0.25) is 5.02 Å². The minimum absolute atomic E-state index is 0.0140. The fourth-order valence-corrected chi connectivity index (χ4v) is 2.85. The number of halogens is 3. The average molecular weight is 453 g/mol.